The Bertz CT molecular complexity index is 2070. The summed E-state index contributed by atoms with van der Waals surface area (Å²) in [5.41, 5.74) is -0.263. The van der Waals surface area contributed by atoms with Gasteiger partial charge in [0.2, 0.25) is 0 Å². The number of aromatic hydroxyl groups is 1. The second-order valence-electron chi connectivity index (χ2n) is 10.1. The van der Waals surface area contributed by atoms with Gasteiger partial charge in [0.1, 0.15) is 11.6 Å². The fourth-order valence-electron chi connectivity index (χ4n) is 5.17. The molecule has 2 N–H and O–H groups in total. The number of nitrogens with one attached hydrogen (secondary N) is 1. The van der Waals surface area contributed by atoms with Gasteiger partial charge in [-0.05, 0) is 60.3 Å². The number of hydrogen-bond donors (Lipinski definition) is 2. The Morgan fingerprint density at radius 3 is 2.48 bits per heavy atom. The Morgan fingerprint density at radius 2 is 1.77 bits per heavy atom. The van der Waals surface area contributed by atoms with Crippen LogP contribution in [-0.2, 0) is 12.7 Å². The highest BCUT2D eigenvalue weighted by molar-refractivity contribution is 5.87. The molecular formula is C31H24F4N6O3. The molecule has 0 aliphatic rings. The van der Waals surface area contributed by atoms with Crippen molar-refractivity contribution < 1.29 is 27.4 Å². The third-order valence-corrected chi connectivity index (χ3v) is 7.21. The van der Waals surface area contributed by atoms with Crippen molar-refractivity contribution in [2.45, 2.75) is 25.7 Å². The van der Waals surface area contributed by atoms with Crippen molar-refractivity contribution in [2.24, 2.45) is 0 Å². The number of nitrogens with zero attached hydrogens (tertiary/aromatic N) is 5. The van der Waals surface area contributed by atoms with Gasteiger partial charge in [-0.2, -0.15) is 23.1 Å². The molecular weight excluding hydrogens is 580 g/mol. The van der Waals surface area contributed by atoms with Gasteiger partial charge in [0.05, 0.1) is 42.7 Å². The van der Waals surface area contributed by atoms with Crippen molar-refractivity contribution in [3.8, 4) is 17.4 Å². The lowest BCUT2D eigenvalue weighted by molar-refractivity contribution is -0.136. The number of rotatable bonds is 7. The number of hydrogen-bond acceptors (Lipinski definition) is 7. The van der Waals surface area contributed by atoms with Crippen LogP contribution in [0.1, 0.15) is 29.8 Å². The molecule has 3 heterocycles. The first-order chi connectivity index (χ1) is 21.0. The summed E-state index contributed by atoms with van der Waals surface area (Å²) in [6, 6.07) is 16.0. The van der Waals surface area contributed by atoms with Crippen LogP contribution in [0.2, 0.25) is 0 Å². The lowest BCUT2D eigenvalue weighted by Crippen LogP contribution is -2.27. The van der Waals surface area contributed by atoms with E-state index in [4.69, 9.17) is 4.74 Å². The summed E-state index contributed by atoms with van der Waals surface area (Å²) in [4.78, 5) is 26.5. The van der Waals surface area contributed by atoms with Gasteiger partial charge >= 0.3 is 12.2 Å². The molecule has 6 aromatic rings. The molecule has 44 heavy (non-hydrogen) atoms. The van der Waals surface area contributed by atoms with Gasteiger partial charge < -0.3 is 19.7 Å². The number of methoxy groups -OCH3 is 1. The Morgan fingerprint density at radius 1 is 1.02 bits per heavy atom. The van der Waals surface area contributed by atoms with Crippen LogP contribution in [0, 0.1) is 5.82 Å². The first kappa shape index (κ1) is 28.6. The smallest absolute Gasteiger partial charge is 0.417 e. The van der Waals surface area contributed by atoms with E-state index in [0.717, 1.165) is 22.3 Å². The SMILES string of the molecule is COc1ccc(Cn2cnc3c(N[C@@H](C)c4cc5cccc(C(F)(F)F)c5c(=O)n4-c4cccc(F)c4)nc(O)nc32)cc1. The van der Waals surface area contributed by atoms with E-state index in [1.807, 2.05) is 24.3 Å². The molecule has 0 bridgehead atoms. The van der Waals surface area contributed by atoms with Crippen molar-refractivity contribution >= 4 is 27.8 Å². The molecule has 0 radical (unpaired) electrons. The molecule has 224 valence electrons. The molecule has 3 aromatic carbocycles. The maximum atomic E-state index is 14.3. The molecule has 1 atom stereocenters. The first-order valence-corrected chi connectivity index (χ1v) is 13.4. The Hall–Kier alpha value is -5.46. The Balaban J connectivity index is 1.46. The molecule has 0 unspecified atom stereocenters. The highest BCUT2D eigenvalue weighted by Crippen LogP contribution is 2.35. The first-order valence-electron chi connectivity index (χ1n) is 13.4. The van der Waals surface area contributed by atoms with Crippen LogP contribution in [0.4, 0.5) is 23.4 Å². The summed E-state index contributed by atoms with van der Waals surface area (Å²) < 4.78 is 64.0. The lowest BCUT2D eigenvalue weighted by Gasteiger charge is -2.22. The third kappa shape index (κ3) is 5.27. The van der Waals surface area contributed by atoms with E-state index in [0.29, 0.717) is 23.5 Å². The maximum absolute atomic E-state index is 14.3. The number of aromatic nitrogens is 5. The van der Waals surface area contributed by atoms with Gasteiger partial charge in [0, 0.05) is 5.69 Å². The molecule has 0 fully saturated rings. The molecule has 0 saturated carbocycles. The number of alkyl halides is 3. The molecule has 9 nitrogen and oxygen atoms in total. The van der Waals surface area contributed by atoms with E-state index < -0.39 is 40.6 Å². The van der Waals surface area contributed by atoms with Crippen molar-refractivity contribution in [2.75, 3.05) is 12.4 Å². The van der Waals surface area contributed by atoms with Crippen LogP contribution in [0.3, 0.4) is 0 Å². The predicted octanol–water partition coefficient (Wildman–Crippen LogP) is 6.22. The van der Waals surface area contributed by atoms with Gasteiger partial charge in [0.15, 0.2) is 17.0 Å². The predicted molar refractivity (Wildman–Crippen MR) is 156 cm³/mol. The quantitative estimate of drug-likeness (QED) is 0.208. The third-order valence-electron chi connectivity index (χ3n) is 7.21. The minimum Gasteiger partial charge on any atom is -0.497 e. The second kappa shape index (κ2) is 11.0. The number of imidazole rings is 1. The van der Waals surface area contributed by atoms with Crippen LogP contribution in [0.15, 0.2) is 83.9 Å². The number of pyridine rings is 1. The summed E-state index contributed by atoms with van der Waals surface area (Å²) >= 11 is 0. The zero-order valence-corrected chi connectivity index (χ0v) is 23.3. The summed E-state index contributed by atoms with van der Waals surface area (Å²) in [7, 11) is 1.57. The number of ether oxygens (including phenoxy) is 1. The summed E-state index contributed by atoms with van der Waals surface area (Å²) in [5.74, 6) is 0.149. The summed E-state index contributed by atoms with van der Waals surface area (Å²) in [6.07, 6.45) is -3.26. The van der Waals surface area contributed by atoms with Gasteiger partial charge in [-0.15, -0.1) is 0 Å². The van der Waals surface area contributed by atoms with Crippen molar-refractivity contribution in [3.05, 3.63) is 112 Å². The lowest BCUT2D eigenvalue weighted by atomic mass is 10.0. The van der Waals surface area contributed by atoms with E-state index in [1.165, 1.54) is 42.7 Å². The molecule has 0 amide bonds. The molecule has 0 spiro atoms. The standard InChI is InChI=1S/C31H24F4N6O3/c1-17(37-27-26-28(39-30(43)38-27)40(16-36-26)15-18-9-11-22(44-2)12-10-18)24-13-19-5-3-8-23(31(33,34)35)25(19)29(42)41(24)21-7-4-6-20(32)14-21/h3-14,16-17H,15H2,1-2H3,(H2,37,38,39,43)/t17-/m0/s1. The largest absolute Gasteiger partial charge is 0.497 e. The highest BCUT2D eigenvalue weighted by Gasteiger charge is 2.34. The highest BCUT2D eigenvalue weighted by atomic mass is 19.4. The normalized spacial score (nSPS) is 12.5. The Kier molecular flexibility index (Phi) is 7.15. The van der Waals surface area contributed by atoms with Crippen LogP contribution < -0.4 is 15.6 Å². The van der Waals surface area contributed by atoms with Crippen molar-refractivity contribution in [1.82, 2.24) is 24.1 Å². The average molecular weight is 605 g/mol. The Labute approximate surface area is 247 Å². The monoisotopic (exact) mass is 604 g/mol. The molecule has 6 rings (SSSR count). The summed E-state index contributed by atoms with van der Waals surface area (Å²) in [5, 5.41) is 13.0. The maximum Gasteiger partial charge on any atom is 0.417 e. The minimum absolute atomic E-state index is 0.0389. The van der Waals surface area contributed by atoms with Crippen molar-refractivity contribution in [3.63, 3.8) is 0 Å². The summed E-state index contributed by atoms with van der Waals surface area (Å²) in [6.45, 7) is 2.03. The van der Waals surface area contributed by atoms with E-state index >= 15 is 0 Å². The van der Waals surface area contributed by atoms with Crippen LogP contribution in [-0.4, -0.2) is 36.3 Å². The van der Waals surface area contributed by atoms with Crippen LogP contribution in [0.25, 0.3) is 27.6 Å². The molecule has 3 aromatic heterocycles. The average Bonchev–Trinajstić information content (AvgIpc) is 3.38. The zero-order valence-electron chi connectivity index (χ0n) is 23.3. The fourth-order valence-corrected chi connectivity index (χ4v) is 5.17. The van der Waals surface area contributed by atoms with Gasteiger partial charge in [0.25, 0.3) is 5.56 Å². The topological polar surface area (TPSA) is 107 Å². The molecule has 0 saturated heterocycles. The van der Waals surface area contributed by atoms with Crippen LogP contribution in [0.5, 0.6) is 11.8 Å². The van der Waals surface area contributed by atoms with E-state index in [9.17, 15) is 27.5 Å². The zero-order chi connectivity index (χ0) is 31.2. The fraction of sp³-hybridized carbons (Fsp3) is 0.161. The molecule has 13 heteroatoms. The van der Waals surface area contributed by atoms with Gasteiger partial charge in [-0.3, -0.25) is 9.36 Å². The second-order valence-corrected chi connectivity index (χ2v) is 10.1. The number of fused-ring (bicyclic) bond motifs is 2. The van der Waals surface area contributed by atoms with Crippen molar-refractivity contribution in [1.29, 1.82) is 0 Å². The van der Waals surface area contributed by atoms with Gasteiger partial charge in [-0.25, -0.2) is 9.37 Å². The number of anilines is 1. The number of benzene rings is 3. The van der Waals surface area contributed by atoms with E-state index in [-0.39, 0.29) is 22.6 Å². The van der Waals surface area contributed by atoms with E-state index in [1.54, 1.807) is 18.6 Å². The van der Waals surface area contributed by atoms with E-state index in [2.05, 4.69) is 20.3 Å². The van der Waals surface area contributed by atoms with Crippen LogP contribution >= 0.6 is 0 Å². The van der Waals surface area contributed by atoms with Gasteiger partial charge in [-0.1, -0.05) is 30.3 Å². The minimum atomic E-state index is -4.79. The molecule has 0 aliphatic carbocycles. The number of halogens is 4. The molecule has 0 aliphatic heterocycles.